The van der Waals surface area contributed by atoms with Crippen LogP contribution in [0.3, 0.4) is 0 Å². The summed E-state index contributed by atoms with van der Waals surface area (Å²) in [7, 11) is 1.94. The highest BCUT2D eigenvalue weighted by Crippen LogP contribution is 2.27. The number of halogens is 1. The number of morpholine rings is 1. The van der Waals surface area contributed by atoms with E-state index in [4.69, 9.17) is 21.1 Å². The van der Waals surface area contributed by atoms with Crippen molar-refractivity contribution in [2.45, 2.75) is 24.9 Å². The van der Waals surface area contributed by atoms with Crippen LogP contribution in [0.4, 0.5) is 0 Å². The molecule has 2 aliphatic rings. The molecule has 1 N–H and O–H groups in total. The number of rotatable bonds is 5. The lowest BCUT2D eigenvalue weighted by molar-refractivity contribution is -0.0851. The van der Waals surface area contributed by atoms with Crippen LogP contribution in [0.2, 0.25) is 5.15 Å². The Balaban J connectivity index is 1.61. The van der Waals surface area contributed by atoms with E-state index in [-0.39, 0.29) is 5.54 Å². The van der Waals surface area contributed by atoms with Gasteiger partial charge in [0.05, 0.1) is 38.1 Å². The second-order valence-corrected chi connectivity index (χ2v) is 6.53. The molecule has 1 aromatic heterocycles. The first-order valence-corrected chi connectivity index (χ1v) is 8.36. The molecule has 0 radical (unpaired) electrons. The van der Waals surface area contributed by atoms with Gasteiger partial charge < -0.3 is 19.4 Å². The van der Waals surface area contributed by atoms with Crippen molar-refractivity contribution in [2.75, 3.05) is 46.1 Å². The average Bonchev–Trinajstić information content (AvgIpc) is 2.89. The van der Waals surface area contributed by atoms with E-state index in [1.807, 2.05) is 11.6 Å². The first kappa shape index (κ1) is 16.2. The van der Waals surface area contributed by atoms with Crippen molar-refractivity contribution in [3.05, 3.63) is 17.2 Å². The summed E-state index contributed by atoms with van der Waals surface area (Å²) in [5, 5.41) is 4.23. The van der Waals surface area contributed by atoms with Crippen molar-refractivity contribution in [2.24, 2.45) is 7.05 Å². The van der Waals surface area contributed by atoms with Gasteiger partial charge in [-0.2, -0.15) is 0 Å². The highest BCUT2D eigenvalue weighted by atomic mass is 35.5. The van der Waals surface area contributed by atoms with Gasteiger partial charge in [-0.15, -0.1) is 0 Å². The van der Waals surface area contributed by atoms with Crippen LogP contribution in [0.5, 0.6) is 0 Å². The van der Waals surface area contributed by atoms with Crippen molar-refractivity contribution >= 4 is 11.6 Å². The third-order valence-electron chi connectivity index (χ3n) is 4.75. The second kappa shape index (κ2) is 7.27. The Morgan fingerprint density at radius 1 is 1.32 bits per heavy atom. The molecular formula is C15H25ClN4O2. The predicted molar refractivity (Wildman–Crippen MR) is 85.1 cm³/mol. The molecular weight excluding hydrogens is 304 g/mol. The van der Waals surface area contributed by atoms with E-state index in [1.54, 1.807) is 6.20 Å². The minimum Gasteiger partial charge on any atom is -0.379 e. The Labute approximate surface area is 136 Å². The molecule has 0 aromatic carbocycles. The van der Waals surface area contributed by atoms with Gasteiger partial charge in [0.15, 0.2) is 0 Å². The van der Waals surface area contributed by atoms with Crippen LogP contribution in [0.1, 0.15) is 18.7 Å². The van der Waals surface area contributed by atoms with Gasteiger partial charge in [0.25, 0.3) is 0 Å². The first-order chi connectivity index (χ1) is 10.7. The van der Waals surface area contributed by atoms with Gasteiger partial charge in [0.2, 0.25) is 0 Å². The molecule has 0 bridgehead atoms. The monoisotopic (exact) mass is 328 g/mol. The fraction of sp³-hybridized carbons (Fsp3) is 0.800. The van der Waals surface area contributed by atoms with Gasteiger partial charge in [0, 0.05) is 33.3 Å². The molecule has 2 fully saturated rings. The van der Waals surface area contributed by atoms with Crippen molar-refractivity contribution in [1.82, 2.24) is 19.8 Å². The number of imidazole rings is 1. The second-order valence-electron chi connectivity index (χ2n) is 6.14. The van der Waals surface area contributed by atoms with Gasteiger partial charge in [-0.25, -0.2) is 4.98 Å². The zero-order valence-corrected chi connectivity index (χ0v) is 13.9. The number of nitrogens with one attached hydrogen (secondary N) is 1. The maximum Gasteiger partial charge on any atom is 0.128 e. The lowest BCUT2D eigenvalue weighted by Gasteiger charge is -2.47. The van der Waals surface area contributed by atoms with E-state index in [2.05, 4.69) is 15.2 Å². The quantitative estimate of drug-likeness (QED) is 0.875. The number of aromatic nitrogens is 2. The summed E-state index contributed by atoms with van der Waals surface area (Å²) >= 11 is 6.04. The van der Waals surface area contributed by atoms with E-state index in [0.29, 0.717) is 5.15 Å². The zero-order chi connectivity index (χ0) is 15.4. The molecule has 1 atom stereocenters. The average molecular weight is 329 g/mol. The molecule has 3 heterocycles. The van der Waals surface area contributed by atoms with Gasteiger partial charge in [-0.1, -0.05) is 11.6 Å². The molecule has 0 spiro atoms. The number of ether oxygens (including phenoxy) is 2. The van der Waals surface area contributed by atoms with Crippen LogP contribution >= 0.6 is 11.6 Å². The van der Waals surface area contributed by atoms with E-state index >= 15 is 0 Å². The molecule has 7 heteroatoms. The molecule has 2 saturated heterocycles. The lowest BCUT2D eigenvalue weighted by Crippen LogP contribution is -2.62. The van der Waals surface area contributed by atoms with Gasteiger partial charge in [-0.3, -0.25) is 4.90 Å². The van der Waals surface area contributed by atoms with E-state index < -0.39 is 0 Å². The van der Waals surface area contributed by atoms with Crippen LogP contribution in [0.15, 0.2) is 6.20 Å². The first-order valence-electron chi connectivity index (χ1n) is 7.99. The Hall–Kier alpha value is -0.660. The molecule has 0 aliphatic carbocycles. The highest BCUT2D eigenvalue weighted by Gasteiger charge is 2.39. The number of hydrogen-bond acceptors (Lipinski definition) is 5. The minimum atomic E-state index is 0.0803. The van der Waals surface area contributed by atoms with E-state index in [1.165, 1.54) is 6.42 Å². The van der Waals surface area contributed by atoms with Gasteiger partial charge >= 0.3 is 0 Å². The van der Waals surface area contributed by atoms with Crippen LogP contribution in [-0.2, 0) is 23.1 Å². The fourth-order valence-electron chi connectivity index (χ4n) is 3.37. The number of hydrogen-bond donors (Lipinski definition) is 1. The summed E-state index contributed by atoms with van der Waals surface area (Å²) < 4.78 is 13.2. The molecule has 124 valence electrons. The SMILES string of the molecule is Cn1c(Cl)cnc1CNCC1(N2CCOCC2)CCCOC1. The molecule has 0 amide bonds. The van der Waals surface area contributed by atoms with Crippen LogP contribution < -0.4 is 5.32 Å². The molecule has 1 unspecified atom stereocenters. The minimum absolute atomic E-state index is 0.0803. The van der Waals surface area contributed by atoms with Gasteiger partial charge in [-0.05, 0) is 12.8 Å². The van der Waals surface area contributed by atoms with Crippen molar-refractivity contribution in [3.8, 4) is 0 Å². The third-order valence-corrected chi connectivity index (χ3v) is 5.10. The summed E-state index contributed by atoms with van der Waals surface area (Å²) in [6.07, 6.45) is 3.98. The Bertz CT molecular complexity index is 482. The highest BCUT2D eigenvalue weighted by molar-refractivity contribution is 6.29. The predicted octanol–water partition coefficient (Wildman–Crippen LogP) is 1.04. The molecule has 2 aliphatic heterocycles. The van der Waals surface area contributed by atoms with Crippen LogP contribution in [0, 0.1) is 0 Å². The molecule has 6 nitrogen and oxygen atoms in total. The summed E-state index contributed by atoms with van der Waals surface area (Å²) in [5.74, 6) is 0.957. The topological polar surface area (TPSA) is 51.6 Å². The van der Waals surface area contributed by atoms with Gasteiger partial charge in [0.1, 0.15) is 11.0 Å². The fourth-order valence-corrected chi connectivity index (χ4v) is 3.52. The van der Waals surface area contributed by atoms with E-state index in [9.17, 15) is 0 Å². The zero-order valence-electron chi connectivity index (χ0n) is 13.2. The smallest absolute Gasteiger partial charge is 0.128 e. The summed E-state index contributed by atoms with van der Waals surface area (Å²) in [4.78, 5) is 6.87. The molecule has 22 heavy (non-hydrogen) atoms. The van der Waals surface area contributed by atoms with Crippen molar-refractivity contribution < 1.29 is 9.47 Å². The lowest BCUT2D eigenvalue weighted by atomic mass is 9.89. The van der Waals surface area contributed by atoms with E-state index in [0.717, 1.165) is 64.9 Å². The standard InChI is InChI=1S/C15H25ClN4O2/c1-19-13(16)9-18-14(19)10-17-11-15(3-2-6-22-12-15)20-4-7-21-8-5-20/h9,17H,2-8,10-12H2,1H3. The Morgan fingerprint density at radius 3 is 2.77 bits per heavy atom. The normalized spacial score (nSPS) is 27.2. The summed E-state index contributed by atoms with van der Waals surface area (Å²) in [6, 6.07) is 0. The summed E-state index contributed by atoms with van der Waals surface area (Å²) in [6.45, 7) is 6.89. The third kappa shape index (κ3) is 3.46. The molecule has 3 rings (SSSR count). The Morgan fingerprint density at radius 2 is 2.14 bits per heavy atom. The van der Waals surface area contributed by atoms with Crippen LogP contribution in [0.25, 0.3) is 0 Å². The molecule has 0 saturated carbocycles. The van der Waals surface area contributed by atoms with Crippen molar-refractivity contribution in [3.63, 3.8) is 0 Å². The van der Waals surface area contributed by atoms with Crippen molar-refractivity contribution in [1.29, 1.82) is 0 Å². The Kier molecular flexibility index (Phi) is 5.36. The number of nitrogens with zero attached hydrogens (tertiary/aromatic N) is 3. The summed E-state index contributed by atoms with van der Waals surface area (Å²) in [5.41, 5.74) is 0.0803. The maximum atomic E-state index is 6.04. The van der Waals surface area contributed by atoms with Crippen LogP contribution in [-0.4, -0.2) is 66.1 Å². The molecule has 1 aromatic rings. The maximum absolute atomic E-state index is 6.04. The largest absolute Gasteiger partial charge is 0.379 e.